The second-order valence-electron chi connectivity index (χ2n) is 4.15. The van der Waals surface area contributed by atoms with E-state index in [9.17, 15) is 13.5 Å². The number of nitrogens with one attached hydrogen (secondary N) is 1. The zero-order chi connectivity index (χ0) is 14.3. The molecule has 9 heteroatoms. The topological polar surface area (TPSA) is 116 Å². The van der Waals surface area contributed by atoms with Crippen molar-refractivity contribution >= 4 is 21.2 Å². The third kappa shape index (κ3) is 2.85. The van der Waals surface area contributed by atoms with Gasteiger partial charge in [0, 0.05) is 5.56 Å². The smallest absolute Gasteiger partial charge is 0.505 e. The fraction of sp³-hybridized carbons (Fsp3) is 0. The number of aromatic nitrogens is 3. The summed E-state index contributed by atoms with van der Waals surface area (Å²) in [5, 5.41) is 20.2. The van der Waals surface area contributed by atoms with Crippen molar-refractivity contribution in [3.63, 3.8) is 0 Å². The van der Waals surface area contributed by atoms with Crippen molar-refractivity contribution in [2.24, 2.45) is 0 Å². The molecule has 0 spiro atoms. The maximum Gasteiger partial charge on any atom is 1.00 e. The molecule has 0 amide bonds. The van der Waals surface area contributed by atoms with Crippen LogP contribution in [0.15, 0.2) is 41.3 Å². The average Bonchev–Trinajstić information content (AvgIpc) is 2.88. The predicted octanol–water partition coefficient (Wildman–Crippen LogP) is 1.57. The van der Waals surface area contributed by atoms with Crippen LogP contribution < -0.4 is 0 Å². The third-order valence-electron chi connectivity index (χ3n) is 2.93. The number of H-pyrrole nitrogens is 1. The Morgan fingerprint density at radius 2 is 1.67 bits per heavy atom. The van der Waals surface area contributed by atoms with E-state index in [0.29, 0.717) is 22.2 Å². The van der Waals surface area contributed by atoms with Gasteiger partial charge in [0.1, 0.15) is 5.52 Å². The van der Waals surface area contributed by atoms with Gasteiger partial charge in [-0.05, 0) is 29.8 Å². The standard InChI is InChI=1S/C12H9N3O4S.Ag/c16-12-9(5-6-10-11(12)14-15-13-10)7-1-3-8(4-2-7)20(17,18)19;/h1-6,16H,(H,13,14,15)(H,17,18,19);/q;+1. The molecule has 0 saturated heterocycles. The van der Waals surface area contributed by atoms with E-state index < -0.39 is 10.1 Å². The number of hydrogen-bond donors (Lipinski definition) is 3. The van der Waals surface area contributed by atoms with Crippen molar-refractivity contribution in [2.75, 3.05) is 0 Å². The van der Waals surface area contributed by atoms with Gasteiger partial charge in [0.05, 0.1) is 4.90 Å². The molecule has 1 aromatic heterocycles. The predicted molar refractivity (Wildman–Crippen MR) is 70.8 cm³/mol. The molecule has 2 aromatic carbocycles. The molecule has 0 radical (unpaired) electrons. The molecule has 0 saturated carbocycles. The Labute approximate surface area is 135 Å². The molecule has 1 heterocycles. The van der Waals surface area contributed by atoms with Crippen LogP contribution in [0, 0.1) is 0 Å². The van der Waals surface area contributed by atoms with Crippen molar-refractivity contribution < 1.29 is 40.5 Å². The summed E-state index contributed by atoms with van der Waals surface area (Å²) in [6, 6.07) is 8.84. The molecule has 3 aromatic rings. The first-order chi connectivity index (χ1) is 9.47. The van der Waals surface area contributed by atoms with Gasteiger partial charge >= 0.3 is 22.4 Å². The fourth-order valence-electron chi connectivity index (χ4n) is 1.94. The number of rotatable bonds is 2. The van der Waals surface area contributed by atoms with Crippen LogP contribution in [-0.4, -0.2) is 33.5 Å². The molecule has 0 atom stereocenters. The van der Waals surface area contributed by atoms with Crippen LogP contribution in [0.25, 0.3) is 22.2 Å². The molecular weight excluding hydrogens is 390 g/mol. The van der Waals surface area contributed by atoms with Gasteiger partial charge < -0.3 is 5.11 Å². The SMILES string of the molecule is O=S(=O)(O)c1ccc(-c2ccc3n[nH]nc3c2O)cc1.[Ag+]. The Morgan fingerprint density at radius 3 is 2.29 bits per heavy atom. The minimum Gasteiger partial charge on any atom is -0.505 e. The van der Waals surface area contributed by atoms with E-state index >= 15 is 0 Å². The Bertz CT molecular complexity index is 891. The number of aromatic hydroxyl groups is 1. The van der Waals surface area contributed by atoms with E-state index in [-0.39, 0.29) is 33.0 Å². The van der Waals surface area contributed by atoms with Crippen LogP contribution >= 0.6 is 0 Å². The molecule has 0 aliphatic rings. The van der Waals surface area contributed by atoms with Gasteiger partial charge in [0.25, 0.3) is 10.1 Å². The second kappa shape index (κ2) is 5.58. The molecule has 21 heavy (non-hydrogen) atoms. The molecule has 3 N–H and O–H groups in total. The normalized spacial score (nSPS) is 11.3. The third-order valence-corrected chi connectivity index (χ3v) is 3.79. The summed E-state index contributed by atoms with van der Waals surface area (Å²) in [7, 11) is -4.23. The second-order valence-corrected chi connectivity index (χ2v) is 5.57. The Hall–Kier alpha value is -1.71. The van der Waals surface area contributed by atoms with Gasteiger partial charge in [-0.2, -0.15) is 23.8 Å². The number of hydrogen-bond acceptors (Lipinski definition) is 5. The van der Waals surface area contributed by atoms with Gasteiger partial charge in [-0.15, -0.1) is 0 Å². The van der Waals surface area contributed by atoms with Crippen LogP contribution in [0.2, 0.25) is 0 Å². The van der Waals surface area contributed by atoms with E-state index in [1.807, 2.05) is 0 Å². The number of benzene rings is 2. The van der Waals surface area contributed by atoms with Crippen LogP contribution in [0.1, 0.15) is 0 Å². The Kier molecular flexibility index (Phi) is 4.17. The van der Waals surface area contributed by atoms with E-state index in [4.69, 9.17) is 4.55 Å². The van der Waals surface area contributed by atoms with Crippen LogP contribution in [0.3, 0.4) is 0 Å². The number of fused-ring (bicyclic) bond motifs is 1. The van der Waals surface area contributed by atoms with Crippen LogP contribution in [0.5, 0.6) is 5.75 Å². The summed E-state index contributed by atoms with van der Waals surface area (Å²) in [6.07, 6.45) is 0. The first-order valence-electron chi connectivity index (χ1n) is 5.57. The fourth-order valence-corrected chi connectivity index (χ4v) is 2.42. The van der Waals surface area contributed by atoms with Gasteiger partial charge in [-0.1, -0.05) is 12.1 Å². The maximum atomic E-state index is 11.0. The molecule has 7 nitrogen and oxygen atoms in total. The molecule has 3 rings (SSSR count). The summed E-state index contributed by atoms with van der Waals surface area (Å²) >= 11 is 0. The molecule has 0 aliphatic carbocycles. The minimum absolute atomic E-state index is 0. The number of nitrogens with zero attached hydrogens (tertiary/aromatic N) is 2. The van der Waals surface area contributed by atoms with Gasteiger partial charge in [-0.25, -0.2) is 0 Å². The zero-order valence-corrected chi connectivity index (χ0v) is 12.6. The van der Waals surface area contributed by atoms with Gasteiger partial charge in [0.15, 0.2) is 11.3 Å². The monoisotopic (exact) mass is 398 g/mol. The van der Waals surface area contributed by atoms with Crippen molar-refractivity contribution in [3.05, 3.63) is 36.4 Å². The molecule has 0 fully saturated rings. The van der Waals surface area contributed by atoms with Crippen molar-refractivity contribution in [1.82, 2.24) is 15.4 Å². The minimum atomic E-state index is -4.23. The van der Waals surface area contributed by atoms with Crippen LogP contribution in [-0.2, 0) is 32.5 Å². The van der Waals surface area contributed by atoms with E-state index in [1.54, 1.807) is 12.1 Å². The summed E-state index contributed by atoms with van der Waals surface area (Å²) < 4.78 is 30.9. The number of phenolic OH excluding ortho intramolecular Hbond substituents is 1. The van der Waals surface area contributed by atoms with Crippen molar-refractivity contribution in [3.8, 4) is 16.9 Å². The average molecular weight is 399 g/mol. The molecule has 0 unspecified atom stereocenters. The Morgan fingerprint density at radius 1 is 1.00 bits per heavy atom. The van der Waals surface area contributed by atoms with Crippen molar-refractivity contribution in [1.29, 1.82) is 0 Å². The van der Waals surface area contributed by atoms with E-state index in [2.05, 4.69) is 15.4 Å². The first kappa shape index (κ1) is 15.7. The van der Waals surface area contributed by atoms with Crippen LogP contribution in [0.4, 0.5) is 0 Å². The van der Waals surface area contributed by atoms with Gasteiger partial charge in [-0.3, -0.25) is 4.55 Å². The quantitative estimate of drug-likeness (QED) is 0.445. The van der Waals surface area contributed by atoms with E-state index in [1.165, 1.54) is 24.3 Å². The Balaban J connectivity index is 0.00000161. The van der Waals surface area contributed by atoms with E-state index in [0.717, 1.165) is 0 Å². The largest absolute Gasteiger partial charge is 1.00 e. The number of aromatic amines is 1. The van der Waals surface area contributed by atoms with Crippen molar-refractivity contribution in [2.45, 2.75) is 4.90 Å². The zero-order valence-electron chi connectivity index (χ0n) is 10.3. The maximum absolute atomic E-state index is 11.0. The summed E-state index contributed by atoms with van der Waals surface area (Å²) in [6.45, 7) is 0. The molecule has 0 aliphatic heterocycles. The van der Waals surface area contributed by atoms with Gasteiger partial charge in [0.2, 0.25) is 0 Å². The number of phenols is 1. The summed E-state index contributed by atoms with van der Waals surface area (Å²) in [5.74, 6) is -0.0455. The first-order valence-corrected chi connectivity index (χ1v) is 7.01. The molecular formula is C12H9AgN3O4S+. The summed E-state index contributed by atoms with van der Waals surface area (Å²) in [5.41, 5.74) is 1.95. The summed E-state index contributed by atoms with van der Waals surface area (Å²) in [4.78, 5) is -0.205. The molecule has 112 valence electrons. The molecule has 0 bridgehead atoms.